The Morgan fingerprint density at radius 1 is 1.08 bits per heavy atom. The summed E-state index contributed by atoms with van der Waals surface area (Å²) in [6, 6.07) is 13.4. The second kappa shape index (κ2) is 7.97. The average Bonchev–Trinajstić information content (AvgIpc) is 2.64. The van der Waals surface area contributed by atoms with E-state index >= 15 is 0 Å². The van der Waals surface area contributed by atoms with E-state index in [2.05, 4.69) is 5.32 Å². The van der Waals surface area contributed by atoms with Crippen LogP contribution in [0.25, 0.3) is 0 Å². The van der Waals surface area contributed by atoms with Gasteiger partial charge in [0.05, 0.1) is 4.90 Å². The van der Waals surface area contributed by atoms with Gasteiger partial charge in [-0.1, -0.05) is 24.6 Å². The zero-order chi connectivity index (χ0) is 18.6. The number of amides is 1. The molecule has 1 N–H and O–H groups in total. The summed E-state index contributed by atoms with van der Waals surface area (Å²) in [7, 11) is -3.63. The van der Waals surface area contributed by atoms with Gasteiger partial charge in [-0.15, -0.1) is 0 Å². The monoisotopic (exact) mass is 376 g/mol. The zero-order valence-corrected chi connectivity index (χ0v) is 15.1. The molecule has 1 heterocycles. The maximum Gasteiger partial charge on any atom is 0.243 e. The Labute approximate surface area is 152 Å². The van der Waals surface area contributed by atoms with Crippen LogP contribution in [0.3, 0.4) is 0 Å². The van der Waals surface area contributed by atoms with Gasteiger partial charge in [-0.25, -0.2) is 12.8 Å². The first-order valence-corrected chi connectivity index (χ1v) is 10.0. The van der Waals surface area contributed by atoms with E-state index in [-0.39, 0.29) is 29.1 Å². The number of sulfonamides is 1. The van der Waals surface area contributed by atoms with Crippen molar-refractivity contribution in [3.05, 3.63) is 60.4 Å². The van der Waals surface area contributed by atoms with Gasteiger partial charge in [0, 0.05) is 24.7 Å². The molecule has 1 aliphatic rings. The van der Waals surface area contributed by atoms with Crippen molar-refractivity contribution in [3.63, 3.8) is 0 Å². The molecule has 1 saturated heterocycles. The maximum atomic E-state index is 13.0. The third-order valence-electron chi connectivity index (χ3n) is 4.47. The number of rotatable bonds is 5. The van der Waals surface area contributed by atoms with Crippen LogP contribution in [0.4, 0.5) is 10.1 Å². The quantitative estimate of drug-likeness (QED) is 0.870. The normalized spacial score (nSPS) is 18.4. The Hall–Kier alpha value is -2.25. The fraction of sp³-hybridized carbons (Fsp3) is 0.316. The van der Waals surface area contributed by atoms with Crippen LogP contribution < -0.4 is 5.32 Å². The second-order valence-electron chi connectivity index (χ2n) is 6.34. The number of halogens is 1. The minimum absolute atomic E-state index is 0.0729. The molecule has 26 heavy (non-hydrogen) atoms. The molecular formula is C19H21FN2O3S. The van der Waals surface area contributed by atoms with Crippen molar-refractivity contribution in [3.8, 4) is 0 Å². The van der Waals surface area contributed by atoms with E-state index in [0.717, 1.165) is 12.8 Å². The molecule has 1 fully saturated rings. The highest BCUT2D eigenvalue weighted by molar-refractivity contribution is 7.89. The van der Waals surface area contributed by atoms with E-state index in [0.29, 0.717) is 18.7 Å². The van der Waals surface area contributed by atoms with Gasteiger partial charge in [-0.05, 0) is 49.2 Å². The standard InChI is InChI=1S/C19H21FN2O3S/c20-15-9-11-16(12-10-15)21-19(23)14-17-6-4-5-13-22(17)26(24,25)18-7-2-1-3-8-18/h1-3,7-12,17H,4-6,13-14H2,(H,21,23)/t17-/m1/s1. The van der Waals surface area contributed by atoms with Crippen molar-refractivity contribution < 1.29 is 17.6 Å². The van der Waals surface area contributed by atoms with Crippen molar-refractivity contribution in [1.29, 1.82) is 0 Å². The average molecular weight is 376 g/mol. The van der Waals surface area contributed by atoms with Gasteiger partial charge >= 0.3 is 0 Å². The summed E-state index contributed by atoms with van der Waals surface area (Å²) in [6.45, 7) is 0.408. The lowest BCUT2D eigenvalue weighted by Gasteiger charge is -2.34. The molecule has 2 aromatic rings. The number of hydrogen-bond acceptors (Lipinski definition) is 3. The van der Waals surface area contributed by atoms with Crippen molar-refractivity contribution in [2.75, 3.05) is 11.9 Å². The summed E-state index contributed by atoms with van der Waals surface area (Å²) >= 11 is 0. The predicted molar refractivity (Wildman–Crippen MR) is 97.6 cm³/mol. The Morgan fingerprint density at radius 2 is 1.77 bits per heavy atom. The summed E-state index contributed by atoms with van der Waals surface area (Å²) in [5.74, 6) is -0.660. The second-order valence-corrected chi connectivity index (χ2v) is 8.23. The highest BCUT2D eigenvalue weighted by atomic mass is 32.2. The van der Waals surface area contributed by atoms with E-state index in [4.69, 9.17) is 0 Å². The summed E-state index contributed by atoms with van der Waals surface area (Å²) in [4.78, 5) is 12.6. The molecule has 0 aliphatic carbocycles. The van der Waals surface area contributed by atoms with Crippen molar-refractivity contribution in [2.45, 2.75) is 36.6 Å². The zero-order valence-electron chi connectivity index (χ0n) is 14.3. The lowest BCUT2D eigenvalue weighted by molar-refractivity contribution is -0.117. The highest BCUT2D eigenvalue weighted by Gasteiger charge is 2.34. The molecular weight excluding hydrogens is 355 g/mol. The molecule has 0 radical (unpaired) electrons. The molecule has 0 unspecified atom stereocenters. The summed E-state index contributed by atoms with van der Waals surface area (Å²) < 4.78 is 40.2. The van der Waals surface area contributed by atoms with Crippen LogP contribution >= 0.6 is 0 Å². The fourth-order valence-corrected chi connectivity index (χ4v) is 4.90. The molecule has 3 rings (SSSR count). The van der Waals surface area contributed by atoms with E-state index in [1.165, 1.54) is 28.6 Å². The fourth-order valence-electron chi connectivity index (χ4n) is 3.18. The van der Waals surface area contributed by atoms with Crippen LogP contribution in [0.15, 0.2) is 59.5 Å². The van der Waals surface area contributed by atoms with Gasteiger partial charge in [0.2, 0.25) is 15.9 Å². The van der Waals surface area contributed by atoms with Gasteiger partial charge in [-0.2, -0.15) is 4.31 Å². The number of carbonyl (C=O) groups is 1. The number of benzene rings is 2. The molecule has 2 aromatic carbocycles. The molecule has 0 spiro atoms. The topological polar surface area (TPSA) is 66.5 Å². The SMILES string of the molecule is O=C(C[C@H]1CCCCN1S(=O)(=O)c1ccccc1)Nc1ccc(F)cc1. The summed E-state index contributed by atoms with van der Waals surface area (Å²) in [6.07, 6.45) is 2.38. The molecule has 7 heteroatoms. The predicted octanol–water partition coefficient (Wildman–Crippen LogP) is 3.40. The summed E-state index contributed by atoms with van der Waals surface area (Å²) in [5.41, 5.74) is 0.490. The Morgan fingerprint density at radius 3 is 2.46 bits per heavy atom. The minimum Gasteiger partial charge on any atom is -0.326 e. The summed E-state index contributed by atoms with van der Waals surface area (Å²) in [5, 5.41) is 2.70. The lowest BCUT2D eigenvalue weighted by atomic mass is 10.0. The van der Waals surface area contributed by atoms with Crippen LogP contribution in [0, 0.1) is 5.82 Å². The highest BCUT2D eigenvalue weighted by Crippen LogP contribution is 2.27. The van der Waals surface area contributed by atoms with E-state index in [1.54, 1.807) is 30.3 Å². The first-order chi connectivity index (χ1) is 12.5. The number of nitrogens with one attached hydrogen (secondary N) is 1. The first-order valence-electron chi connectivity index (χ1n) is 8.59. The van der Waals surface area contributed by atoms with Crippen molar-refractivity contribution in [1.82, 2.24) is 4.31 Å². The van der Waals surface area contributed by atoms with Crippen LogP contribution in [-0.2, 0) is 14.8 Å². The van der Waals surface area contributed by atoms with Crippen LogP contribution in [0.2, 0.25) is 0 Å². The van der Waals surface area contributed by atoms with Crippen molar-refractivity contribution >= 4 is 21.6 Å². The molecule has 0 saturated carbocycles. The van der Waals surface area contributed by atoms with Crippen LogP contribution in [0.5, 0.6) is 0 Å². The van der Waals surface area contributed by atoms with Crippen LogP contribution in [-0.4, -0.2) is 31.2 Å². The Balaban J connectivity index is 1.72. The molecule has 5 nitrogen and oxygen atoms in total. The minimum atomic E-state index is -3.63. The van der Waals surface area contributed by atoms with Gasteiger partial charge < -0.3 is 5.32 Å². The third kappa shape index (κ3) is 4.28. The number of carbonyl (C=O) groups excluding carboxylic acids is 1. The van der Waals surface area contributed by atoms with E-state index < -0.39 is 10.0 Å². The number of anilines is 1. The molecule has 1 amide bonds. The molecule has 0 bridgehead atoms. The maximum absolute atomic E-state index is 13.0. The first kappa shape index (κ1) is 18.5. The van der Waals surface area contributed by atoms with E-state index in [9.17, 15) is 17.6 Å². The Kier molecular flexibility index (Phi) is 5.68. The molecule has 138 valence electrons. The van der Waals surface area contributed by atoms with E-state index in [1.807, 2.05) is 0 Å². The third-order valence-corrected chi connectivity index (χ3v) is 6.44. The number of piperidine rings is 1. The largest absolute Gasteiger partial charge is 0.326 e. The van der Waals surface area contributed by atoms with Crippen molar-refractivity contribution in [2.24, 2.45) is 0 Å². The lowest BCUT2D eigenvalue weighted by Crippen LogP contribution is -2.45. The number of nitrogens with zero attached hydrogens (tertiary/aromatic N) is 1. The number of hydrogen-bond donors (Lipinski definition) is 1. The molecule has 1 aliphatic heterocycles. The smallest absolute Gasteiger partial charge is 0.243 e. The molecule has 0 aromatic heterocycles. The van der Waals surface area contributed by atoms with Gasteiger partial charge in [0.1, 0.15) is 5.82 Å². The van der Waals surface area contributed by atoms with Gasteiger partial charge in [0.15, 0.2) is 0 Å². The van der Waals surface area contributed by atoms with Gasteiger partial charge in [-0.3, -0.25) is 4.79 Å². The van der Waals surface area contributed by atoms with Gasteiger partial charge in [0.25, 0.3) is 0 Å². The Bertz CT molecular complexity index is 854. The molecule has 1 atom stereocenters. The van der Waals surface area contributed by atoms with Crippen LogP contribution in [0.1, 0.15) is 25.7 Å².